The Kier molecular flexibility index (Phi) is 4.08. The first kappa shape index (κ1) is 12.7. The van der Waals surface area contributed by atoms with Crippen molar-refractivity contribution in [3.63, 3.8) is 0 Å². The van der Waals surface area contributed by atoms with Gasteiger partial charge in [-0.2, -0.15) is 0 Å². The summed E-state index contributed by atoms with van der Waals surface area (Å²) in [5.74, 6) is 0.637. The third-order valence-electron chi connectivity index (χ3n) is 3.11. The molecule has 0 bridgehead atoms. The standard InChI is InChI=1S/C10H18N6O2/c1-14-10(11-12-13-14)16-7-5-15(6-8-16)4-3-9(17)18-2/h3-8H2,1-2H3. The minimum atomic E-state index is -0.157. The number of esters is 1. The van der Waals surface area contributed by atoms with Crippen LogP contribution in [0.15, 0.2) is 0 Å². The molecular formula is C10H18N6O2. The number of hydrogen-bond acceptors (Lipinski definition) is 7. The lowest BCUT2D eigenvalue weighted by Gasteiger charge is -2.34. The molecule has 0 saturated carbocycles. The van der Waals surface area contributed by atoms with Gasteiger partial charge in [0.2, 0.25) is 5.95 Å². The normalized spacial score (nSPS) is 16.9. The van der Waals surface area contributed by atoms with Crippen LogP contribution in [0.3, 0.4) is 0 Å². The van der Waals surface area contributed by atoms with Crippen molar-refractivity contribution >= 4 is 11.9 Å². The maximum absolute atomic E-state index is 11.1. The van der Waals surface area contributed by atoms with Gasteiger partial charge in [-0.25, -0.2) is 4.68 Å². The third kappa shape index (κ3) is 2.95. The third-order valence-corrected chi connectivity index (χ3v) is 3.11. The van der Waals surface area contributed by atoms with Crippen LogP contribution >= 0.6 is 0 Å². The van der Waals surface area contributed by atoms with Gasteiger partial charge in [-0.05, 0) is 10.4 Å². The zero-order valence-electron chi connectivity index (χ0n) is 10.7. The molecule has 1 fully saturated rings. The van der Waals surface area contributed by atoms with Crippen LogP contribution in [0.25, 0.3) is 0 Å². The van der Waals surface area contributed by atoms with Crippen molar-refractivity contribution in [1.82, 2.24) is 25.1 Å². The molecular weight excluding hydrogens is 236 g/mol. The summed E-state index contributed by atoms with van der Waals surface area (Å²) in [6.07, 6.45) is 0.446. The molecule has 1 aliphatic rings. The second-order valence-corrected chi connectivity index (χ2v) is 4.26. The lowest BCUT2D eigenvalue weighted by atomic mass is 10.3. The highest BCUT2D eigenvalue weighted by atomic mass is 16.5. The molecule has 18 heavy (non-hydrogen) atoms. The Hall–Kier alpha value is -1.70. The van der Waals surface area contributed by atoms with Gasteiger partial charge in [0.25, 0.3) is 0 Å². The van der Waals surface area contributed by atoms with Gasteiger partial charge < -0.3 is 9.64 Å². The zero-order valence-corrected chi connectivity index (χ0v) is 10.7. The van der Waals surface area contributed by atoms with Crippen LogP contribution in [0.1, 0.15) is 6.42 Å². The van der Waals surface area contributed by atoms with Gasteiger partial charge in [0.05, 0.1) is 13.5 Å². The number of piperazine rings is 1. The highest BCUT2D eigenvalue weighted by Gasteiger charge is 2.20. The number of aryl methyl sites for hydroxylation is 1. The van der Waals surface area contributed by atoms with E-state index in [9.17, 15) is 4.79 Å². The lowest BCUT2D eigenvalue weighted by Crippen LogP contribution is -2.47. The van der Waals surface area contributed by atoms with Crippen molar-refractivity contribution in [1.29, 1.82) is 0 Å². The van der Waals surface area contributed by atoms with E-state index in [2.05, 4.69) is 30.1 Å². The molecule has 2 heterocycles. The number of methoxy groups -OCH3 is 1. The molecule has 8 heteroatoms. The van der Waals surface area contributed by atoms with Gasteiger partial charge >= 0.3 is 5.97 Å². The number of hydrogen-bond donors (Lipinski definition) is 0. The average molecular weight is 254 g/mol. The van der Waals surface area contributed by atoms with E-state index < -0.39 is 0 Å². The average Bonchev–Trinajstić information content (AvgIpc) is 2.83. The SMILES string of the molecule is COC(=O)CCN1CCN(c2nnnn2C)CC1. The summed E-state index contributed by atoms with van der Waals surface area (Å²) in [5, 5.41) is 11.4. The maximum atomic E-state index is 11.1. The maximum Gasteiger partial charge on any atom is 0.306 e. The van der Waals surface area contributed by atoms with Gasteiger partial charge in [0.1, 0.15) is 0 Å². The van der Waals surface area contributed by atoms with E-state index in [1.165, 1.54) is 7.11 Å². The largest absolute Gasteiger partial charge is 0.469 e. The second-order valence-electron chi connectivity index (χ2n) is 4.26. The molecule has 0 radical (unpaired) electrons. The van der Waals surface area contributed by atoms with Crippen molar-refractivity contribution in [2.45, 2.75) is 6.42 Å². The van der Waals surface area contributed by atoms with Gasteiger partial charge in [0.15, 0.2) is 0 Å². The molecule has 2 rings (SSSR count). The molecule has 0 unspecified atom stereocenters. The topological polar surface area (TPSA) is 76.4 Å². The number of ether oxygens (including phenoxy) is 1. The molecule has 0 aromatic carbocycles. The summed E-state index contributed by atoms with van der Waals surface area (Å²) in [6.45, 7) is 4.30. The van der Waals surface area contributed by atoms with Crippen molar-refractivity contribution in [2.75, 3.05) is 44.7 Å². The fourth-order valence-electron chi connectivity index (χ4n) is 2.02. The van der Waals surface area contributed by atoms with Gasteiger partial charge in [-0.15, -0.1) is 0 Å². The lowest BCUT2D eigenvalue weighted by molar-refractivity contribution is -0.141. The van der Waals surface area contributed by atoms with Crippen LogP contribution < -0.4 is 4.90 Å². The summed E-state index contributed by atoms with van der Waals surface area (Å²) in [6, 6.07) is 0. The van der Waals surface area contributed by atoms with Crippen LogP contribution in [0.4, 0.5) is 5.95 Å². The highest BCUT2D eigenvalue weighted by Crippen LogP contribution is 2.10. The van der Waals surface area contributed by atoms with Crippen molar-refractivity contribution < 1.29 is 9.53 Å². The second kappa shape index (κ2) is 5.76. The van der Waals surface area contributed by atoms with E-state index in [1.807, 2.05) is 7.05 Å². The minimum absolute atomic E-state index is 0.157. The van der Waals surface area contributed by atoms with E-state index in [0.29, 0.717) is 6.42 Å². The Balaban J connectivity index is 1.78. The van der Waals surface area contributed by atoms with Crippen LogP contribution in [-0.2, 0) is 16.6 Å². The van der Waals surface area contributed by atoms with E-state index in [0.717, 1.165) is 38.7 Å². The minimum Gasteiger partial charge on any atom is -0.469 e. The molecule has 100 valence electrons. The van der Waals surface area contributed by atoms with Crippen LogP contribution in [0.2, 0.25) is 0 Å². The van der Waals surface area contributed by atoms with Crippen molar-refractivity contribution in [2.24, 2.45) is 7.05 Å². The first-order valence-electron chi connectivity index (χ1n) is 5.97. The van der Waals surface area contributed by atoms with Crippen LogP contribution in [0, 0.1) is 0 Å². The predicted octanol–water partition coefficient (Wildman–Crippen LogP) is -1.10. The summed E-state index contributed by atoms with van der Waals surface area (Å²) < 4.78 is 6.30. The summed E-state index contributed by atoms with van der Waals surface area (Å²) in [4.78, 5) is 15.5. The quantitative estimate of drug-likeness (QED) is 0.631. The monoisotopic (exact) mass is 254 g/mol. The predicted molar refractivity (Wildman–Crippen MR) is 64.1 cm³/mol. The number of carbonyl (C=O) groups is 1. The summed E-state index contributed by atoms with van der Waals surface area (Å²) in [5.41, 5.74) is 0. The fourth-order valence-corrected chi connectivity index (χ4v) is 2.02. The summed E-state index contributed by atoms with van der Waals surface area (Å²) >= 11 is 0. The molecule has 0 N–H and O–H groups in total. The zero-order chi connectivity index (χ0) is 13.0. The van der Waals surface area contributed by atoms with E-state index in [-0.39, 0.29) is 5.97 Å². The Labute approximate surface area is 105 Å². The van der Waals surface area contributed by atoms with Crippen molar-refractivity contribution in [3.8, 4) is 0 Å². The molecule has 1 saturated heterocycles. The van der Waals surface area contributed by atoms with Crippen LogP contribution in [-0.4, -0.2) is 70.9 Å². The van der Waals surface area contributed by atoms with Gasteiger partial charge in [-0.1, -0.05) is 5.10 Å². The Morgan fingerprint density at radius 3 is 2.61 bits per heavy atom. The molecule has 0 atom stereocenters. The molecule has 0 aliphatic carbocycles. The number of carbonyl (C=O) groups excluding carboxylic acids is 1. The summed E-state index contributed by atoms with van der Waals surface area (Å²) in [7, 11) is 3.25. The smallest absolute Gasteiger partial charge is 0.306 e. The molecule has 1 aromatic rings. The number of rotatable bonds is 4. The molecule has 1 aliphatic heterocycles. The van der Waals surface area contributed by atoms with Crippen molar-refractivity contribution in [3.05, 3.63) is 0 Å². The first-order chi connectivity index (χ1) is 8.70. The molecule has 8 nitrogen and oxygen atoms in total. The number of tetrazole rings is 1. The fraction of sp³-hybridized carbons (Fsp3) is 0.800. The van der Waals surface area contributed by atoms with Gasteiger partial charge in [-0.3, -0.25) is 9.69 Å². The molecule has 0 amide bonds. The van der Waals surface area contributed by atoms with E-state index >= 15 is 0 Å². The number of anilines is 1. The van der Waals surface area contributed by atoms with E-state index in [4.69, 9.17) is 0 Å². The highest BCUT2D eigenvalue weighted by molar-refractivity contribution is 5.69. The van der Waals surface area contributed by atoms with Crippen LogP contribution in [0.5, 0.6) is 0 Å². The Morgan fingerprint density at radius 1 is 1.33 bits per heavy atom. The number of nitrogens with zero attached hydrogens (tertiary/aromatic N) is 6. The first-order valence-corrected chi connectivity index (χ1v) is 5.97. The number of aromatic nitrogens is 4. The Morgan fingerprint density at radius 2 is 2.06 bits per heavy atom. The Bertz CT molecular complexity index is 399. The molecule has 1 aromatic heterocycles. The molecule has 0 spiro atoms. The van der Waals surface area contributed by atoms with Gasteiger partial charge in [0, 0.05) is 39.8 Å². The van der Waals surface area contributed by atoms with E-state index in [1.54, 1.807) is 4.68 Å².